The summed E-state index contributed by atoms with van der Waals surface area (Å²) in [6.45, 7) is 3.97. The molecule has 0 amide bonds. The maximum Gasteiger partial charge on any atom is 0.128 e. The second-order valence-corrected chi connectivity index (χ2v) is 4.68. The van der Waals surface area contributed by atoms with Crippen LogP contribution in [0.25, 0.3) is 0 Å². The lowest BCUT2D eigenvalue weighted by atomic mass is 10.1. The van der Waals surface area contributed by atoms with Crippen LogP contribution in [0.5, 0.6) is 0 Å². The van der Waals surface area contributed by atoms with Crippen molar-refractivity contribution in [2.75, 3.05) is 0 Å². The zero-order chi connectivity index (χ0) is 11.7. The number of hydrogen-bond donors (Lipinski definition) is 1. The first kappa shape index (κ1) is 11.5. The van der Waals surface area contributed by atoms with Crippen molar-refractivity contribution in [3.05, 3.63) is 35.4 Å². The van der Waals surface area contributed by atoms with Crippen LogP contribution in [0.2, 0.25) is 0 Å². The highest BCUT2D eigenvalue weighted by Crippen LogP contribution is 2.33. The Bertz CT molecular complexity index is 374. The van der Waals surface area contributed by atoms with Gasteiger partial charge in [0, 0.05) is 17.6 Å². The zero-order valence-electron chi connectivity index (χ0n) is 9.63. The number of benzene rings is 1. The van der Waals surface area contributed by atoms with E-state index in [1.54, 1.807) is 0 Å². The second-order valence-electron chi connectivity index (χ2n) is 4.68. The summed E-state index contributed by atoms with van der Waals surface area (Å²) in [5.74, 6) is -0.0207. The lowest BCUT2D eigenvalue weighted by Gasteiger charge is -2.20. The first-order chi connectivity index (χ1) is 7.58. The van der Waals surface area contributed by atoms with Gasteiger partial charge in [0.2, 0.25) is 0 Å². The van der Waals surface area contributed by atoms with Gasteiger partial charge in [-0.2, -0.15) is 0 Å². The van der Waals surface area contributed by atoms with E-state index in [0.717, 1.165) is 6.07 Å². The fourth-order valence-electron chi connectivity index (χ4n) is 2.06. The predicted octanol–water partition coefficient (Wildman–Crippen LogP) is 3.41. The van der Waals surface area contributed by atoms with Crippen LogP contribution < -0.4 is 5.32 Å². The average Bonchev–Trinajstić information content (AvgIpc) is 3.04. The van der Waals surface area contributed by atoms with Crippen molar-refractivity contribution in [2.24, 2.45) is 5.92 Å². The van der Waals surface area contributed by atoms with Crippen LogP contribution in [-0.4, -0.2) is 6.04 Å². The molecule has 1 aromatic rings. The molecule has 1 saturated carbocycles. The lowest BCUT2D eigenvalue weighted by Crippen LogP contribution is -2.31. The lowest BCUT2D eigenvalue weighted by molar-refractivity contribution is 0.428. The first-order valence-corrected chi connectivity index (χ1v) is 5.79. The minimum absolute atomic E-state index is 0.147. The van der Waals surface area contributed by atoms with Crippen molar-refractivity contribution in [2.45, 2.75) is 38.8 Å². The Morgan fingerprint density at radius 3 is 2.56 bits per heavy atom. The third-order valence-corrected chi connectivity index (χ3v) is 3.27. The van der Waals surface area contributed by atoms with E-state index < -0.39 is 0 Å². The van der Waals surface area contributed by atoms with Crippen molar-refractivity contribution < 1.29 is 8.78 Å². The highest BCUT2D eigenvalue weighted by Gasteiger charge is 2.29. The fourth-order valence-corrected chi connectivity index (χ4v) is 2.06. The van der Waals surface area contributed by atoms with Crippen LogP contribution in [0, 0.1) is 17.6 Å². The molecular formula is C13H17F2N. The Kier molecular flexibility index (Phi) is 3.24. The van der Waals surface area contributed by atoms with E-state index >= 15 is 0 Å². The van der Waals surface area contributed by atoms with Crippen LogP contribution in [0.4, 0.5) is 8.78 Å². The van der Waals surface area contributed by atoms with Crippen LogP contribution in [-0.2, 0) is 0 Å². The minimum Gasteiger partial charge on any atom is -0.307 e. The van der Waals surface area contributed by atoms with E-state index in [0.29, 0.717) is 17.5 Å². The van der Waals surface area contributed by atoms with Gasteiger partial charge < -0.3 is 5.32 Å². The van der Waals surface area contributed by atoms with E-state index in [2.05, 4.69) is 12.2 Å². The molecule has 0 aromatic heterocycles. The molecular weight excluding hydrogens is 208 g/mol. The van der Waals surface area contributed by atoms with E-state index in [4.69, 9.17) is 0 Å². The van der Waals surface area contributed by atoms with Gasteiger partial charge in [-0.25, -0.2) is 8.78 Å². The first-order valence-electron chi connectivity index (χ1n) is 5.79. The van der Waals surface area contributed by atoms with Crippen LogP contribution in [0.1, 0.15) is 38.3 Å². The molecule has 16 heavy (non-hydrogen) atoms. The number of hydrogen-bond acceptors (Lipinski definition) is 1. The molecule has 2 rings (SSSR count). The van der Waals surface area contributed by atoms with Crippen LogP contribution >= 0.6 is 0 Å². The minimum atomic E-state index is -0.385. The molecule has 2 atom stereocenters. The predicted molar refractivity (Wildman–Crippen MR) is 60.1 cm³/mol. The molecule has 3 heteroatoms. The molecule has 1 aliphatic carbocycles. The Morgan fingerprint density at radius 2 is 1.94 bits per heavy atom. The number of rotatable bonds is 4. The second kappa shape index (κ2) is 4.50. The molecule has 1 aliphatic rings. The van der Waals surface area contributed by atoms with Gasteiger partial charge in [-0.1, -0.05) is 0 Å². The maximum absolute atomic E-state index is 13.5. The van der Waals surface area contributed by atoms with Crippen LogP contribution in [0.15, 0.2) is 18.2 Å². The largest absolute Gasteiger partial charge is 0.307 e. The molecule has 1 aromatic carbocycles. The van der Waals surface area contributed by atoms with Crippen molar-refractivity contribution in [3.8, 4) is 0 Å². The van der Waals surface area contributed by atoms with E-state index in [9.17, 15) is 8.78 Å². The zero-order valence-corrected chi connectivity index (χ0v) is 9.63. The van der Waals surface area contributed by atoms with Crippen molar-refractivity contribution in [1.29, 1.82) is 0 Å². The summed E-state index contributed by atoms with van der Waals surface area (Å²) >= 11 is 0. The quantitative estimate of drug-likeness (QED) is 0.828. The van der Waals surface area contributed by atoms with Gasteiger partial charge in [0.05, 0.1) is 0 Å². The van der Waals surface area contributed by atoms with Gasteiger partial charge >= 0.3 is 0 Å². The maximum atomic E-state index is 13.5. The molecule has 88 valence electrons. The summed E-state index contributed by atoms with van der Waals surface area (Å²) in [5.41, 5.74) is 0.410. The summed E-state index contributed by atoms with van der Waals surface area (Å²) in [4.78, 5) is 0. The third kappa shape index (κ3) is 2.59. The Balaban J connectivity index is 2.06. The molecule has 0 spiro atoms. The summed E-state index contributed by atoms with van der Waals surface area (Å²) in [6.07, 6.45) is 2.49. The van der Waals surface area contributed by atoms with E-state index in [-0.39, 0.29) is 17.7 Å². The Hall–Kier alpha value is -0.960. The molecule has 0 aliphatic heterocycles. The van der Waals surface area contributed by atoms with Gasteiger partial charge in [0.25, 0.3) is 0 Å². The summed E-state index contributed by atoms with van der Waals surface area (Å²) in [5, 5.41) is 3.32. The molecule has 2 unspecified atom stereocenters. The molecule has 0 heterocycles. The Morgan fingerprint density at radius 1 is 1.25 bits per heavy atom. The molecule has 0 radical (unpaired) electrons. The summed E-state index contributed by atoms with van der Waals surface area (Å²) < 4.78 is 26.5. The van der Waals surface area contributed by atoms with Gasteiger partial charge in [-0.05, 0) is 50.8 Å². The van der Waals surface area contributed by atoms with E-state index in [1.807, 2.05) is 6.92 Å². The SMILES string of the molecule is CC(NC(C)C1CC1)c1cc(F)ccc1F. The monoisotopic (exact) mass is 225 g/mol. The average molecular weight is 225 g/mol. The molecule has 1 nitrogen and oxygen atoms in total. The van der Waals surface area contributed by atoms with E-state index in [1.165, 1.54) is 25.0 Å². The van der Waals surface area contributed by atoms with Crippen molar-refractivity contribution in [3.63, 3.8) is 0 Å². The van der Waals surface area contributed by atoms with Crippen LogP contribution in [0.3, 0.4) is 0 Å². The highest BCUT2D eigenvalue weighted by atomic mass is 19.1. The van der Waals surface area contributed by atoms with Crippen molar-refractivity contribution >= 4 is 0 Å². The summed E-state index contributed by atoms with van der Waals surface area (Å²) in [7, 11) is 0. The van der Waals surface area contributed by atoms with Gasteiger partial charge in [0.1, 0.15) is 11.6 Å². The molecule has 1 fully saturated rings. The van der Waals surface area contributed by atoms with Gasteiger partial charge in [0.15, 0.2) is 0 Å². The van der Waals surface area contributed by atoms with Crippen molar-refractivity contribution in [1.82, 2.24) is 5.32 Å². The normalized spacial score (nSPS) is 19.5. The number of halogens is 2. The highest BCUT2D eigenvalue weighted by molar-refractivity contribution is 5.22. The van der Waals surface area contributed by atoms with Gasteiger partial charge in [-0.3, -0.25) is 0 Å². The fraction of sp³-hybridized carbons (Fsp3) is 0.538. The molecule has 0 bridgehead atoms. The van der Waals surface area contributed by atoms with Gasteiger partial charge in [-0.15, -0.1) is 0 Å². The molecule has 1 N–H and O–H groups in total. The number of nitrogens with one attached hydrogen (secondary N) is 1. The molecule has 0 saturated heterocycles. The standard InChI is InChI=1S/C13H17F2N/c1-8(10-3-4-10)16-9(2)12-7-11(14)5-6-13(12)15/h5-10,16H,3-4H2,1-2H3. The smallest absolute Gasteiger partial charge is 0.128 e. The summed E-state index contributed by atoms with van der Waals surface area (Å²) in [6, 6.07) is 3.83. The Labute approximate surface area is 94.9 Å². The third-order valence-electron chi connectivity index (χ3n) is 3.27. The topological polar surface area (TPSA) is 12.0 Å².